The van der Waals surface area contributed by atoms with Crippen LogP contribution in [0.5, 0.6) is 0 Å². The van der Waals surface area contributed by atoms with Crippen molar-refractivity contribution in [1.82, 2.24) is 0 Å². The molecule has 1 heterocycles. The molecule has 1 aromatic rings. The zero-order valence-electron chi connectivity index (χ0n) is 10.7. The molecule has 4 heteroatoms. The summed E-state index contributed by atoms with van der Waals surface area (Å²) in [7, 11) is 0. The van der Waals surface area contributed by atoms with Gasteiger partial charge in [0.05, 0.1) is 16.1 Å². The van der Waals surface area contributed by atoms with Crippen molar-refractivity contribution < 1.29 is 4.74 Å². The number of alkyl halides is 1. The fourth-order valence-electron chi connectivity index (χ4n) is 3.19. The Balaban J connectivity index is 1.88. The highest BCUT2D eigenvalue weighted by atomic mass is 35.5. The van der Waals surface area contributed by atoms with Crippen LogP contribution >= 0.6 is 34.8 Å². The van der Waals surface area contributed by atoms with E-state index >= 15 is 0 Å². The molecule has 2 atom stereocenters. The van der Waals surface area contributed by atoms with E-state index in [-0.39, 0.29) is 5.41 Å². The minimum absolute atomic E-state index is 0.0248. The molecule has 3 rings (SSSR count). The molecule has 2 fully saturated rings. The highest BCUT2D eigenvalue weighted by Crippen LogP contribution is 2.50. The van der Waals surface area contributed by atoms with Gasteiger partial charge in [-0.25, -0.2) is 0 Å². The Morgan fingerprint density at radius 3 is 2.74 bits per heavy atom. The van der Waals surface area contributed by atoms with Gasteiger partial charge in [-0.1, -0.05) is 35.3 Å². The molecule has 0 bridgehead atoms. The molecule has 0 radical (unpaired) electrons. The molecular weight excluding hydrogens is 303 g/mol. The van der Waals surface area contributed by atoms with Gasteiger partial charge in [0.15, 0.2) is 0 Å². The third kappa shape index (κ3) is 2.63. The lowest BCUT2D eigenvalue weighted by Gasteiger charge is -2.33. The summed E-state index contributed by atoms with van der Waals surface area (Å²) >= 11 is 18.7. The van der Waals surface area contributed by atoms with E-state index in [2.05, 4.69) is 0 Å². The molecule has 1 saturated carbocycles. The van der Waals surface area contributed by atoms with Gasteiger partial charge in [0, 0.05) is 17.9 Å². The van der Waals surface area contributed by atoms with Crippen LogP contribution in [0.25, 0.3) is 0 Å². The quantitative estimate of drug-likeness (QED) is 0.713. The number of rotatable bonds is 4. The van der Waals surface area contributed by atoms with Crippen LogP contribution in [0.2, 0.25) is 10.0 Å². The van der Waals surface area contributed by atoms with Crippen LogP contribution in [0.15, 0.2) is 18.2 Å². The number of benzene rings is 1. The molecule has 1 aliphatic carbocycles. The summed E-state index contributed by atoms with van der Waals surface area (Å²) in [6.45, 7) is 0.812. The molecular formula is C15H17Cl3O. The van der Waals surface area contributed by atoms with Crippen LogP contribution in [0.3, 0.4) is 0 Å². The topological polar surface area (TPSA) is 9.23 Å². The first-order chi connectivity index (χ1) is 9.16. The molecule has 0 amide bonds. The van der Waals surface area contributed by atoms with E-state index in [1.807, 2.05) is 18.2 Å². The van der Waals surface area contributed by atoms with Gasteiger partial charge >= 0.3 is 0 Å². The lowest BCUT2D eigenvalue weighted by Crippen LogP contribution is -2.36. The van der Waals surface area contributed by atoms with Crippen LogP contribution in [0.1, 0.15) is 24.8 Å². The predicted octanol–water partition coefficient (Wildman–Crippen LogP) is 4.96. The van der Waals surface area contributed by atoms with Crippen LogP contribution in [-0.4, -0.2) is 18.6 Å². The number of hydrogen-bond acceptors (Lipinski definition) is 1. The van der Waals surface area contributed by atoms with E-state index in [4.69, 9.17) is 39.5 Å². The van der Waals surface area contributed by atoms with Gasteiger partial charge in [-0.15, -0.1) is 11.6 Å². The van der Waals surface area contributed by atoms with Crippen molar-refractivity contribution >= 4 is 34.8 Å². The van der Waals surface area contributed by atoms with E-state index < -0.39 is 0 Å². The van der Waals surface area contributed by atoms with Crippen molar-refractivity contribution in [3.8, 4) is 0 Å². The van der Waals surface area contributed by atoms with Gasteiger partial charge < -0.3 is 4.74 Å². The van der Waals surface area contributed by atoms with Crippen molar-refractivity contribution in [2.45, 2.75) is 31.8 Å². The van der Waals surface area contributed by atoms with Crippen LogP contribution in [-0.2, 0) is 11.2 Å². The average molecular weight is 320 g/mol. The molecule has 2 aliphatic rings. The first kappa shape index (κ1) is 14.0. The molecule has 1 aliphatic heterocycles. The van der Waals surface area contributed by atoms with E-state index in [1.165, 1.54) is 12.8 Å². The third-order valence-corrected chi connectivity index (χ3v) is 5.78. The van der Waals surface area contributed by atoms with Gasteiger partial charge in [0.2, 0.25) is 0 Å². The maximum absolute atomic E-state index is 6.32. The zero-order chi connectivity index (χ0) is 13.5. The van der Waals surface area contributed by atoms with Crippen molar-refractivity contribution in [1.29, 1.82) is 0 Å². The monoisotopic (exact) mass is 318 g/mol. The fraction of sp³-hybridized carbons (Fsp3) is 0.600. The maximum Gasteiger partial charge on any atom is 0.0674 e. The Labute approximate surface area is 129 Å². The van der Waals surface area contributed by atoms with Crippen LogP contribution in [0.4, 0.5) is 0 Å². The minimum atomic E-state index is 0.0248. The average Bonchev–Trinajstić information content (AvgIpc) is 3.17. The Hall–Kier alpha value is 0.0500. The molecule has 1 aromatic carbocycles. The molecule has 1 nitrogen and oxygen atoms in total. The van der Waals surface area contributed by atoms with Gasteiger partial charge in [-0.05, 0) is 43.2 Å². The largest absolute Gasteiger partial charge is 0.377 e. The molecule has 1 saturated heterocycles. The first-order valence-corrected chi connectivity index (χ1v) is 8.06. The molecule has 0 spiro atoms. The number of ether oxygens (including phenoxy) is 1. The van der Waals surface area contributed by atoms with E-state index in [9.17, 15) is 0 Å². The summed E-state index contributed by atoms with van der Waals surface area (Å²) in [5.74, 6) is 1.32. The summed E-state index contributed by atoms with van der Waals surface area (Å²) in [5.41, 5.74) is 1.11. The normalized spacial score (nSPS) is 30.8. The van der Waals surface area contributed by atoms with Crippen molar-refractivity contribution in [2.24, 2.45) is 11.3 Å². The molecule has 104 valence electrons. The Morgan fingerprint density at radius 2 is 2.05 bits per heavy atom. The van der Waals surface area contributed by atoms with Crippen molar-refractivity contribution in [3.63, 3.8) is 0 Å². The fourth-order valence-corrected chi connectivity index (χ4v) is 3.95. The molecule has 0 aromatic heterocycles. The Morgan fingerprint density at radius 1 is 1.26 bits per heavy atom. The predicted molar refractivity (Wildman–Crippen MR) is 80.4 cm³/mol. The van der Waals surface area contributed by atoms with Gasteiger partial charge in [-0.2, -0.15) is 0 Å². The maximum atomic E-state index is 6.32. The SMILES string of the molecule is ClCC1(Cc2cccc(Cl)c2Cl)CCOC1C1CC1. The minimum Gasteiger partial charge on any atom is -0.377 e. The molecule has 0 N–H and O–H groups in total. The van der Waals surface area contributed by atoms with E-state index in [0.717, 1.165) is 25.0 Å². The summed E-state index contributed by atoms with van der Waals surface area (Å²) < 4.78 is 5.97. The number of halogens is 3. The highest BCUT2D eigenvalue weighted by molar-refractivity contribution is 6.42. The second-order valence-electron chi connectivity index (χ2n) is 5.76. The standard InChI is InChI=1S/C15H17Cl3O/c16-9-15(6-7-19-14(15)10-4-5-10)8-11-2-1-3-12(17)13(11)18/h1-3,10,14H,4-9H2. The van der Waals surface area contributed by atoms with Crippen molar-refractivity contribution in [3.05, 3.63) is 33.8 Å². The summed E-state index contributed by atoms with van der Waals surface area (Å²) in [6.07, 6.45) is 4.71. The number of hydrogen-bond donors (Lipinski definition) is 0. The second kappa shape index (κ2) is 5.44. The van der Waals surface area contributed by atoms with E-state index in [0.29, 0.717) is 27.9 Å². The lowest BCUT2D eigenvalue weighted by molar-refractivity contribution is 0.0403. The van der Waals surface area contributed by atoms with Crippen molar-refractivity contribution in [2.75, 3.05) is 12.5 Å². The van der Waals surface area contributed by atoms with Gasteiger partial charge in [0.1, 0.15) is 0 Å². The smallest absolute Gasteiger partial charge is 0.0674 e. The highest BCUT2D eigenvalue weighted by Gasteiger charge is 2.50. The zero-order valence-corrected chi connectivity index (χ0v) is 12.9. The Bertz CT molecular complexity index is 472. The Kier molecular flexibility index (Phi) is 4.01. The summed E-state index contributed by atoms with van der Waals surface area (Å²) in [5, 5.41) is 1.28. The van der Waals surface area contributed by atoms with Crippen LogP contribution in [0, 0.1) is 11.3 Å². The van der Waals surface area contributed by atoms with E-state index in [1.54, 1.807) is 0 Å². The first-order valence-electron chi connectivity index (χ1n) is 6.77. The third-order valence-electron chi connectivity index (χ3n) is 4.39. The van der Waals surface area contributed by atoms with Gasteiger partial charge in [0.25, 0.3) is 0 Å². The molecule has 19 heavy (non-hydrogen) atoms. The van der Waals surface area contributed by atoms with Gasteiger partial charge in [-0.3, -0.25) is 0 Å². The summed E-state index contributed by atoms with van der Waals surface area (Å²) in [4.78, 5) is 0. The lowest BCUT2D eigenvalue weighted by atomic mass is 9.75. The molecule has 2 unspecified atom stereocenters. The second-order valence-corrected chi connectivity index (χ2v) is 6.82. The summed E-state index contributed by atoms with van der Waals surface area (Å²) in [6, 6.07) is 5.82. The van der Waals surface area contributed by atoms with Crippen LogP contribution < -0.4 is 0 Å².